The molecule has 0 aliphatic rings. The first-order valence-corrected chi connectivity index (χ1v) is 5.01. The van der Waals surface area contributed by atoms with Gasteiger partial charge in [-0.2, -0.15) is 10.5 Å². The van der Waals surface area contributed by atoms with Gasteiger partial charge in [0.2, 0.25) is 0 Å². The number of rotatable bonds is 4. The van der Waals surface area contributed by atoms with Crippen molar-refractivity contribution >= 4 is 0 Å². The molecule has 3 nitrogen and oxygen atoms in total. The third-order valence-corrected chi connectivity index (χ3v) is 2.03. The SMILES string of the molecule is CCOC(Cc1ccccc1)=C(C#N)C#N. The van der Waals surface area contributed by atoms with Crippen LogP contribution in [0.2, 0.25) is 0 Å². The lowest BCUT2D eigenvalue weighted by atomic mass is 10.1. The van der Waals surface area contributed by atoms with Gasteiger partial charge in [-0.25, -0.2) is 0 Å². The largest absolute Gasteiger partial charge is 0.496 e. The van der Waals surface area contributed by atoms with Crippen LogP contribution in [0.1, 0.15) is 12.5 Å². The zero-order valence-electron chi connectivity index (χ0n) is 9.10. The molecule has 0 bridgehead atoms. The molecule has 0 radical (unpaired) electrons. The van der Waals surface area contributed by atoms with E-state index in [1.165, 1.54) is 0 Å². The minimum Gasteiger partial charge on any atom is -0.496 e. The monoisotopic (exact) mass is 212 g/mol. The highest BCUT2D eigenvalue weighted by molar-refractivity contribution is 5.39. The zero-order valence-corrected chi connectivity index (χ0v) is 9.10. The van der Waals surface area contributed by atoms with E-state index in [9.17, 15) is 0 Å². The van der Waals surface area contributed by atoms with Crippen molar-refractivity contribution in [1.82, 2.24) is 0 Å². The number of ether oxygens (including phenoxy) is 1. The highest BCUT2D eigenvalue weighted by atomic mass is 16.5. The first kappa shape index (κ1) is 11.8. The fraction of sp³-hybridized carbons (Fsp3) is 0.231. The van der Waals surface area contributed by atoms with Crippen molar-refractivity contribution in [3.8, 4) is 12.1 Å². The minimum absolute atomic E-state index is 0.0469. The number of hydrogen-bond donors (Lipinski definition) is 0. The summed E-state index contributed by atoms with van der Waals surface area (Å²) in [6.45, 7) is 2.28. The van der Waals surface area contributed by atoms with Crippen LogP contribution in [-0.4, -0.2) is 6.61 Å². The van der Waals surface area contributed by atoms with Crippen molar-refractivity contribution in [3.63, 3.8) is 0 Å². The van der Waals surface area contributed by atoms with Crippen LogP contribution < -0.4 is 0 Å². The highest BCUT2D eigenvalue weighted by Crippen LogP contribution is 2.13. The van der Waals surface area contributed by atoms with Gasteiger partial charge in [-0.3, -0.25) is 0 Å². The highest BCUT2D eigenvalue weighted by Gasteiger charge is 2.08. The molecule has 1 aromatic carbocycles. The molecule has 0 spiro atoms. The Bertz CT molecular complexity index is 433. The Labute approximate surface area is 95.2 Å². The molecule has 0 N–H and O–H groups in total. The van der Waals surface area contributed by atoms with Crippen LogP contribution in [0.15, 0.2) is 41.7 Å². The topological polar surface area (TPSA) is 56.8 Å². The maximum Gasteiger partial charge on any atom is 0.167 e. The van der Waals surface area contributed by atoms with E-state index >= 15 is 0 Å². The van der Waals surface area contributed by atoms with Crippen LogP contribution in [0.5, 0.6) is 0 Å². The van der Waals surface area contributed by atoms with Crippen molar-refractivity contribution in [2.75, 3.05) is 6.61 Å². The van der Waals surface area contributed by atoms with Gasteiger partial charge in [-0.15, -0.1) is 0 Å². The van der Waals surface area contributed by atoms with Gasteiger partial charge in [0.1, 0.15) is 17.9 Å². The maximum absolute atomic E-state index is 8.79. The smallest absolute Gasteiger partial charge is 0.167 e. The summed E-state index contributed by atoms with van der Waals surface area (Å²) in [6.07, 6.45) is 0.477. The molecule has 1 rings (SSSR count). The van der Waals surface area contributed by atoms with E-state index in [0.717, 1.165) is 5.56 Å². The number of nitrogens with zero attached hydrogens (tertiary/aromatic N) is 2. The van der Waals surface area contributed by atoms with E-state index in [2.05, 4.69) is 0 Å². The van der Waals surface area contributed by atoms with Crippen molar-refractivity contribution < 1.29 is 4.74 Å². The molecule has 0 heterocycles. The first-order chi connectivity index (χ1) is 7.81. The van der Waals surface area contributed by atoms with Gasteiger partial charge in [0, 0.05) is 6.42 Å². The van der Waals surface area contributed by atoms with Crippen molar-refractivity contribution in [3.05, 3.63) is 47.2 Å². The van der Waals surface area contributed by atoms with E-state index in [-0.39, 0.29) is 5.57 Å². The van der Waals surface area contributed by atoms with E-state index in [1.54, 1.807) is 0 Å². The van der Waals surface area contributed by atoms with Gasteiger partial charge in [0.25, 0.3) is 0 Å². The molecule has 0 unspecified atom stereocenters. The van der Waals surface area contributed by atoms with Crippen LogP contribution in [0.3, 0.4) is 0 Å². The number of nitriles is 2. The third-order valence-electron chi connectivity index (χ3n) is 2.03. The van der Waals surface area contributed by atoms with Gasteiger partial charge in [0.05, 0.1) is 6.61 Å². The van der Waals surface area contributed by atoms with E-state index in [4.69, 9.17) is 15.3 Å². The minimum atomic E-state index is 0.0469. The number of allylic oxidation sites excluding steroid dienone is 2. The lowest BCUT2D eigenvalue weighted by Gasteiger charge is -2.08. The molecule has 0 atom stereocenters. The molecular weight excluding hydrogens is 200 g/mol. The Morgan fingerprint density at radius 1 is 1.19 bits per heavy atom. The summed E-state index contributed by atoms with van der Waals surface area (Å²) in [6, 6.07) is 13.3. The average molecular weight is 212 g/mol. The standard InChI is InChI=1S/C13H12N2O/c1-2-16-13(12(9-14)10-15)8-11-6-4-3-5-7-11/h3-7H,2,8H2,1H3. The molecule has 0 saturated carbocycles. The molecule has 1 aromatic rings. The first-order valence-electron chi connectivity index (χ1n) is 5.01. The summed E-state index contributed by atoms with van der Waals surface area (Å²) in [7, 11) is 0. The van der Waals surface area contributed by atoms with Gasteiger partial charge < -0.3 is 4.74 Å². The van der Waals surface area contributed by atoms with Crippen molar-refractivity contribution in [2.45, 2.75) is 13.3 Å². The Morgan fingerprint density at radius 2 is 1.81 bits per heavy atom. The van der Waals surface area contributed by atoms with Gasteiger partial charge in [-0.1, -0.05) is 30.3 Å². The molecule has 0 saturated heterocycles. The van der Waals surface area contributed by atoms with Crippen molar-refractivity contribution in [1.29, 1.82) is 10.5 Å². The Balaban J connectivity index is 2.95. The Morgan fingerprint density at radius 3 is 2.31 bits per heavy atom. The lowest BCUT2D eigenvalue weighted by molar-refractivity contribution is 0.221. The van der Waals surface area contributed by atoms with Gasteiger partial charge in [-0.05, 0) is 12.5 Å². The zero-order chi connectivity index (χ0) is 11.8. The fourth-order valence-electron chi connectivity index (χ4n) is 1.32. The fourth-order valence-corrected chi connectivity index (χ4v) is 1.32. The summed E-state index contributed by atoms with van der Waals surface area (Å²) < 4.78 is 5.32. The van der Waals surface area contributed by atoms with E-state index < -0.39 is 0 Å². The summed E-state index contributed by atoms with van der Waals surface area (Å²) >= 11 is 0. The Kier molecular flexibility index (Phi) is 4.63. The Hall–Kier alpha value is -2.26. The molecule has 0 aromatic heterocycles. The van der Waals surface area contributed by atoms with Gasteiger partial charge in [0.15, 0.2) is 5.57 Å². The molecular formula is C13H12N2O. The molecule has 0 aliphatic carbocycles. The average Bonchev–Trinajstić information content (AvgIpc) is 2.32. The number of benzene rings is 1. The van der Waals surface area contributed by atoms with Crippen LogP contribution in [0.4, 0.5) is 0 Å². The predicted octanol–water partition coefficient (Wildman–Crippen LogP) is 2.57. The molecule has 0 amide bonds. The molecule has 80 valence electrons. The molecule has 0 fully saturated rings. The van der Waals surface area contributed by atoms with Crippen LogP contribution in [-0.2, 0) is 11.2 Å². The van der Waals surface area contributed by atoms with Crippen LogP contribution >= 0.6 is 0 Å². The van der Waals surface area contributed by atoms with Crippen LogP contribution in [0, 0.1) is 22.7 Å². The van der Waals surface area contributed by atoms with Crippen molar-refractivity contribution in [2.24, 2.45) is 0 Å². The lowest BCUT2D eigenvalue weighted by Crippen LogP contribution is -2.00. The second-order valence-corrected chi connectivity index (χ2v) is 3.12. The van der Waals surface area contributed by atoms with E-state index in [0.29, 0.717) is 18.8 Å². The molecule has 3 heteroatoms. The number of hydrogen-bond acceptors (Lipinski definition) is 3. The van der Waals surface area contributed by atoms with Gasteiger partial charge >= 0.3 is 0 Å². The predicted molar refractivity (Wildman–Crippen MR) is 60.0 cm³/mol. The maximum atomic E-state index is 8.79. The van der Waals surface area contributed by atoms with Crippen LogP contribution in [0.25, 0.3) is 0 Å². The van der Waals surface area contributed by atoms with E-state index in [1.807, 2.05) is 49.4 Å². The third kappa shape index (κ3) is 3.15. The summed E-state index contributed by atoms with van der Waals surface area (Å²) in [5.41, 5.74) is 1.07. The summed E-state index contributed by atoms with van der Waals surface area (Å²) in [4.78, 5) is 0. The quantitative estimate of drug-likeness (QED) is 0.569. The molecule has 16 heavy (non-hydrogen) atoms. The second-order valence-electron chi connectivity index (χ2n) is 3.12. The normalized spacial score (nSPS) is 8.69. The second kappa shape index (κ2) is 6.27. The molecule has 0 aliphatic heterocycles. The summed E-state index contributed by atoms with van der Waals surface area (Å²) in [5, 5.41) is 17.6. The summed E-state index contributed by atoms with van der Waals surface area (Å²) in [5.74, 6) is 0.443.